The van der Waals surface area contributed by atoms with Crippen molar-refractivity contribution in [2.75, 3.05) is 26.2 Å². The predicted molar refractivity (Wildman–Crippen MR) is 152 cm³/mol. The van der Waals surface area contributed by atoms with Gasteiger partial charge in [-0.15, -0.1) is 0 Å². The van der Waals surface area contributed by atoms with E-state index >= 15 is 0 Å². The lowest BCUT2D eigenvalue weighted by molar-refractivity contribution is -0.137. The molecule has 0 saturated carbocycles. The molecular weight excluding hydrogens is 590 g/mol. The number of anilines is 1. The predicted octanol–water partition coefficient (Wildman–Crippen LogP) is 6.95. The number of alkyl halides is 3. The van der Waals surface area contributed by atoms with E-state index in [-0.39, 0.29) is 27.5 Å². The summed E-state index contributed by atoms with van der Waals surface area (Å²) in [5, 5.41) is 13.5. The second-order valence-corrected chi connectivity index (χ2v) is 10.1. The lowest BCUT2D eigenvalue weighted by Crippen LogP contribution is -2.45. The number of ether oxygens (including phenoxy) is 3. The molecule has 1 fully saturated rings. The summed E-state index contributed by atoms with van der Waals surface area (Å²) in [5.41, 5.74) is -0.409. The molecule has 1 aliphatic heterocycles. The second kappa shape index (κ2) is 11.2. The van der Waals surface area contributed by atoms with Crippen LogP contribution in [0.3, 0.4) is 0 Å². The monoisotopic (exact) mass is 613 g/mol. The van der Waals surface area contributed by atoms with Crippen LogP contribution < -0.4 is 24.4 Å². The van der Waals surface area contributed by atoms with Crippen LogP contribution in [0.25, 0.3) is 0 Å². The number of benzene rings is 3. The van der Waals surface area contributed by atoms with Gasteiger partial charge in [0.2, 0.25) is 0 Å². The van der Waals surface area contributed by atoms with E-state index in [1.54, 1.807) is 17.0 Å². The molecule has 0 aliphatic carbocycles. The van der Waals surface area contributed by atoms with Gasteiger partial charge in [0.25, 0.3) is 0 Å². The number of phenols is 1. The van der Waals surface area contributed by atoms with Crippen molar-refractivity contribution in [2.24, 2.45) is 4.99 Å². The van der Waals surface area contributed by atoms with Crippen molar-refractivity contribution < 1.29 is 32.5 Å². The highest BCUT2D eigenvalue weighted by Crippen LogP contribution is 2.47. The molecule has 212 valence electrons. The standard InChI is InChI=1S/C27H24Cl2F3N3O4S/c1-26(17-11-21(38-3)22(39-4)12-20(17)37-2)24(33-13-14-5-7-15(8-6-14)27(30,31)32)34-25(40)35(26)16-9-18(28)23(36)19(29)10-16/h5-12,36H,13H2,1-4H3,(H,33,34,40). The molecule has 0 amide bonds. The highest BCUT2D eigenvalue weighted by Gasteiger charge is 2.50. The number of amidine groups is 1. The summed E-state index contributed by atoms with van der Waals surface area (Å²) >= 11 is 18.2. The molecule has 3 aromatic carbocycles. The first-order valence-corrected chi connectivity index (χ1v) is 12.8. The van der Waals surface area contributed by atoms with Crippen molar-refractivity contribution in [3.8, 4) is 23.0 Å². The quantitative estimate of drug-likeness (QED) is 0.279. The molecule has 2 N–H and O–H groups in total. The minimum absolute atomic E-state index is 0.00192. The van der Waals surface area contributed by atoms with E-state index in [9.17, 15) is 18.3 Å². The number of methoxy groups -OCH3 is 3. The smallest absolute Gasteiger partial charge is 0.416 e. The SMILES string of the molecule is COc1cc(OC)c(C2(C)C(=NCc3ccc(C(F)(F)F)cc3)NC(=S)N2c2cc(Cl)c(O)c(Cl)c2)cc1OC. The molecule has 13 heteroatoms. The first-order chi connectivity index (χ1) is 18.8. The fourth-order valence-corrected chi connectivity index (χ4v) is 5.33. The number of thiocarbonyl (C=S) groups is 1. The first-order valence-electron chi connectivity index (χ1n) is 11.7. The van der Waals surface area contributed by atoms with Gasteiger partial charge in [0.05, 0.1) is 43.5 Å². The molecule has 1 atom stereocenters. The van der Waals surface area contributed by atoms with Gasteiger partial charge in [-0.25, -0.2) is 0 Å². The summed E-state index contributed by atoms with van der Waals surface area (Å²) in [5.74, 6) is 1.32. The lowest BCUT2D eigenvalue weighted by atomic mass is 9.88. The van der Waals surface area contributed by atoms with Crippen LogP contribution in [0.15, 0.2) is 53.5 Å². The number of rotatable bonds is 7. The molecule has 7 nitrogen and oxygen atoms in total. The van der Waals surface area contributed by atoms with Crippen LogP contribution in [0.2, 0.25) is 10.0 Å². The number of nitrogens with one attached hydrogen (secondary N) is 1. The van der Waals surface area contributed by atoms with Gasteiger partial charge in [0.1, 0.15) is 17.1 Å². The molecule has 1 unspecified atom stereocenters. The van der Waals surface area contributed by atoms with Crippen LogP contribution in [-0.4, -0.2) is 37.4 Å². The average molecular weight is 614 g/mol. The van der Waals surface area contributed by atoms with E-state index in [0.29, 0.717) is 39.9 Å². The van der Waals surface area contributed by atoms with E-state index < -0.39 is 17.3 Å². The van der Waals surface area contributed by atoms with Gasteiger partial charge in [-0.3, -0.25) is 4.99 Å². The van der Waals surface area contributed by atoms with Crippen molar-refractivity contribution in [1.29, 1.82) is 0 Å². The van der Waals surface area contributed by atoms with E-state index in [2.05, 4.69) is 5.32 Å². The van der Waals surface area contributed by atoms with Gasteiger partial charge < -0.3 is 29.5 Å². The Hall–Kier alpha value is -3.41. The molecule has 1 saturated heterocycles. The Kier molecular flexibility index (Phi) is 8.30. The van der Waals surface area contributed by atoms with Gasteiger partial charge in [-0.2, -0.15) is 13.2 Å². The summed E-state index contributed by atoms with van der Waals surface area (Å²) in [6.45, 7) is 1.86. The maximum Gasteiger partial charge on any atom is 0.416 e. The number of aliphatic imine (C=N–C) groups is 1. The van der Waals surface area contributed by atoms with Crippen molar-refractivity contribution in [1.82, 2.24) is 5.32 Å². The van der Waals surface area contributed by atoms with Gasteiger partial charge in [-0.05, 0) is 55.0 Å². The minimum Gasteiger partial charge on any atom is -0.505 e. The summed E-state index contributed by atoms with van der Waals surface area (Å²) in [4.78, 5) is 6.43. The second-order valence-electron chi connectivity index (χ2n) is 8.86. The molecule has 1 heterocycles. The number of phenolic OH excluding ortho intramolecular Hbond substituents is 1. The molecule has 1 aliphatic rings. The van der Waals surface area contributed by atoms with Gasteiger partial charge in [-0.1, -0.05) is 35.3 Å². The molecule has 0 spiro atoms. The van der Waals surface area contributed by atoms with Gasteiger partial charge in [0, 0.05) is 17.3 Å². The van der Waals surface area contributed by atoms with Crippen molar-refractivity contribution >= 4 is 52.1 Å². The molecular formula is C27H24Cl2F3N3O4S. The van der Waals surface area contributed by atoms with Gasteiger partial charge >= 0.3 is 6.18 Å². The Morgan fingerprint density at radius 2 is 1.50 bits per heavy atom. The van der Waals surface area contributed by atoms with Crippen LogP contribution in [0.1, 0.15) is 23.6 Å². The average Bonchev–Trinajstić information content (AvgIpc) is 3.18. The zero-order chi connectivity index (χ0) is 29.4. The fraction of sp³-hybridized carbons (Fsp3) is 0.259. The number of halogens is 5. The first kappa shape index (κ1) is 29.6. The largest absolute Gasteiger partial charge is 0.505 e. The number of nitrogens with zero attached hydrogens (tertiary/aromatic N) is 2. The van der Waals surface area contributed by atoms with E-state index in [0.717, 1.165) is 12.1 Å². The van der Waals surface area contributed by atoms with E-state index in [1.165, 1.54) is 45.6 Å². The third-order valence-corrected chi connectivity index (χ3v) is 7.39. The summed E-state index contributed by atoms with van der Waals surface area (Å²) in [6.07, 6.45) is -4.45. The van der Waals surface area contributed by atoms with Crippen molar-refractivity contribution in [3.63, 3.8) is 0 Å². The number of aromatic hydroxyl groups is 1. The van der Waals surface area contributed by atoms with Crippen LogP contribution in [0.5, 0.6) is 23.0 Å². The summed E-state index contributed by atoms with van der Waals surface area (Å²) in [7, 11) is 4.48. The van der Waals surface area contributed by atoms with Crippen LogP contribution in [0, 0.1) is 0 Å². The Morgan fingerprint density at radius 3 is 2.02 bits per heavy atom. The van der Waals surface area contributed by atoms with Crippen LogP contribution in [0.4, 0.5) is 18.9 Å². The highest BCUT2D eigenvalue weighted by atomic mass is 35.5. The van der Waals surface area contributed by atoms with Crippen LogP contribution in [-0.2, 0) is 18.3 Å². The topological polar surface area (TPSA) is 75.6 Å². The molecule has 3 aromatic rings. The third kappa shape index (κ3) is 5.33. The Labute approximate surface area is 244 Å². The molecule has 0 aromatic heterocycles. The Bertz CT molecular complexity index is 1460. The van der Waals surface area contributed by atoms with Crippen molar-refractivity contribution in [3.05, 3.63) is 75.3 Å². The van der Waals surface area contributed by atoms with Crippen molar-refractivity contribution in [2.45, 2.75) is 25.2 Å². The Morgan fingerprint density at radius 1 is 0.950 bits per heavy atom. The third-order valence-electron chi connectivity index (χ3n) is 6.53. The number of hydrogen-bond acceptors (Lipinski definition) is 6. The molecule has 0 bridgehead atoms. The van der Waals surface area contributed by atoms with E-state index in [4.69, 9.17) is 54.6 Å². The summed E-state index contributed by atoms with van der Waals surface area (Å²) in [6, 6.07) is 11.1. The maximum absolute atomic E-state index is 13.0. The highest BCUT2D eigenvalue weighted by molar-refractivity contribution is 7.80. The van der Waals surface area contributed by atoms with Gasteiger partial charge in [0.15, 0.2) is 22.4 Å². The fourth-order valence-electron chi connectivity index (χ4n) is 4.47. The minimum atomic E-state index is -4.45. The molecule has 4 rings (SSSR count). The Balaban J connectivity index is 1.90. The maximum atomic E-state index is 13.0. The normalized spacial score (nSPS) is 18.2. The molecule has 40 heavy (non-hydrogen) atoms. The zero-order valence-electron chi connectivity index (χ0n) is 21.7. The summed E-state index contributed by atoms with van der Waals surface area (Å²) < 4.78 is 55.8. The lowest BCUT2D eigenvalue weighted by Gasteiger charge is -2.36. The van der Waals surface area contributed by atoms with Crippen LogP contribution >= 0.6 is 35.4 Å². The number of hydrogen-bond donors (Lipinski definition) is 2. The molecule has 0 radical (unpaired) electrons. The zero-order valence-corrected chi connectivity index (χ0v) is 24.0. The van der Waals surface area contributed by atoms with E-state index in [1.807, 2.05) is 6.92 Å².